The fourth-order valence-electron chi connectivity index (χ4n) is 3.11. The highest BCUT2D eigenvalue weighted by atomic mass is 16.5. The standard InChI is InChI=1S/C17H20N4O2/c1-11-9-21(13-3-2-6-18-8-13)10-15(11)19-17(22)14-7-16(23-20-14)12-4-5-12/h2-3,6-8,11-12,15H,4-5,9-10H2,1H3,(H,19,22)/t11-,15-/m1/s1. The lowest BCUT2D eigenvalue weighted by Crippen LogP contribution is -2.40. The number of hydrogen-bond acceptors (Lipinski definition) is 5. The van der Waals surface area contributed by atoms with Gasteiger partial charge < -0.3 is 14.7 Å². The van der Waals surface area contributed by atoms with Crippen molar-refractivity contribution in [3.05, 3.63) is 42.0 Å². The van der Waals surface area contributed by atoms with Crippen molar-refractivity contribution in [2.24, 2.45) is 5.92 Å². The molecule has 1 aliphatic heterocycles. The van der Waals surface area contributed by atoms with Gasteiger partial charge in [0.05, 0.1) is 17.9 Å². The van der Waals surface area contributed by atoms with Crippen molar-refractivity contribution in [1.29, 1.82) is 0 Å². The molecule has 0 radical (unpaired) electrons. The summed E-state index contributed by atoms with van der Waals surface area (Å²) in [6, 6.07) is 5.86. The number of nitrogens with one attached hydrogen (secondary N) is 1. The zero-order valence-corrected chi connectivity index (χ0v) is 13.1. The summed E-state index contributed by atoms with van der Waals surface area (Å²) in [5, 5.41) is 7.00. The largest absolute Gasteiger partial charge is 0.368 e. The van der Waals surface area contributed by atoms with Gasteiger partial charge in [-0.3, -0.25) is 9.78 Å². The van der Waals surface area contributed by atoms with E-state index in [0.717, 1.165) is 37.4 Å². The summed E-state index contributed by atoms with van der Waals surface area (Å²) in [7, 11) is 0. The summed E-state index contributed by atoms with van der Waals surface area (Å²) in [6.45, 7) is 3.84. The molecule has 2 atom stereocenters. The first-order chi connectivity index (χ1) is 11.2. The van der Waals surface area contributed by atoms with Crippen molar-refractivity contribution in [2.75, 3.05) is 18.0 Å². The maximum Gasteiger partial charge on any atom is 0.273 e. The summed E-state index contributed by atoms with van der Waals surface area (Å²) in [5.41, 5.74) is 1.48. The molecule has 1 saturated carbocycles. The molecule has 1 saturated heterocycles. The van der Waals surface area contributed by atoms with E-state index >= 15 is 0 Å². The first-order valence-electron chi connectivity index (χ1n) is 8.13. The SMILES string of the molecule is C[C@@H]1CN(c2cccnc2)C[C@H]1NC(=O)c1cc(C2CC2)on1. The average Bonchev–Trinajstić information content (AvgIpc) is 3.18. The summed E-state index contributed by atoms with van der Waals surface area (Å²) < 4.78 is 5.26. The van der Waals surface area contributed by atoms with E-state index in [0.29, 0.717) is 17.5 Å². The van der Waals surface area contributed by atoms with E-state index in [-0.39, 0.29) is 11.9 Å². The molecule has 0 aromatic carbocycles. The molecule has 2 aromatic heterocycles. The van der Waals surface area contributed by atoms with Gasteiger partial charge >= 0.3 is 0 Å². The van der Waals surface area contributed by atoms with Crippen molar-refractivity contribution in [3.8, 4) is 0 Å². The predicted octanol–water partition coefficient (Wildman–Crippen LogP) is 2.20. The highest BCUT2D eigenvalue weighted by molar-refractivity contribution is 5.92. The third-order valence-electron chi connectivity index (χ3n) is 4.68. The highest BCUT2D eigenvalue weighted by Crippen LogP contribution is 2.40. The number of carbonyl (C=O) groups is 1. The summed E-state index contributed by atoms with van der Waals surface area (Å²) >= 11 is 0. The molecule has 6 nitrogen and oxygen atoms in total. The molecule has 0 unspecified atom stereocenters. The number of anilines is 1. The van der Waals surface area contributed by atoms with Crippen molar-refractivity contribution in [3.63, 3.8) is 0 Å². The third kappa shape index (κ3) is 2.93. The molecule has 3 heterocycles. The van der Waals surface area contributed by atoms with E-state index in [1.54, 1.807) is 12.3 Å². The molecule has 6 heteroatoms. The molecule has 23 heavy (non-hydrogen) atoms. The first kappa shape index (κ1) is 14.2. The Morgan fingerprint density at radius 1 is 1.39 bits per heavy atom. The van der Waals surface area contributed by atoms with Gasteiger partial charge in [0, 0.05) is 31.3 Å². The average molecular weight is 312 g/mol. The maximum absolute atomic E-state index is 12.4. The van der Waals surface area contributed by atoms with Gasteiger partial charge in [-0.2, -0.15) is 0 Å². The Labute approximate surface area is 134 Å². The number of pyridine rings is 1. The fourth-order valence-corrected chi connectivity index (χ4v) is 3.11. The quantitative estimate of drug-likeness (QED) is 0.937. The first-order valence-corrected chi connectivity index (χ1v) is 8.13. The van der Waals surface area contributed by atoms with Crippen LogP contribution in [0.1, 0.15) is 41.9 Å². The molecular formula is C17H20N4O2. The molecule has 2 aromatic rings. The molecule has 0 bridgehead atoms. The van der Waals surface area contributed by atoms with E-state index in [4.69, 9.17) is 4.52 Å². The topological polar surface area (TPSA) is 71.3 Å². The number of carbonyl (C=O) groups excluding carboxylic acids is 1. The minimum absolute atomic E-state index is 0.101. The van der Waals surface area contributed by atoms with Crippen LogP contribution in [-0.4, -0.2) is 35.2 Å². The Bertz CT molecular complexity index is 696. The van der Waals surface area contributed by atoms with Gasteiger partial charge in [-0.1, -0.05) is 12.1 Å². The van der Waals surface area contributed by atoms with E-state index in [2.05, 4.69) is 27.3 Å². The number of nitrogens with zero attached hydrogens (tertiary/aromatic N) is 3. The van der Waals surface area contributed by atoms with E-state index in [1.807, 2.05) is 18.3 Å². The molecule has 1 amide bonds. The molecular weight excluding hydrogens is 292 g/mol. The van der Waals surface area contributed by atoms with E-state index < -0.39 is 0 Å². The molecule has 1 aliphatic carbocycles. The van der Waals surface area contributed by atoms with Crippen molar-refractivity contribution in [2.45, 2.75) is 31.7 Å². The lowest BCUT2D eigenvalue weighted by molar-refractivity contribution is 0.0924. The zero-order valence-electron chi connectivity index (χ0n) is 13.1. The Balaban J connectivity index is 1.40. The van der Waals surface area contributed by atoms with Crippen LogP contribution < -0.4 is 10.2 Å². The smallest absolute Gasteiger partial charge is 0.273 e. The molecule has 2 aliphatic rings. The lowest BCUT2D eigenvalue weighted by atomic mass is 10.1. The van der Waals surface area contributed by atoms with E-state index in [9.17, 15) is 4.79 Å². The van der Waals surface area contributed by atoms with Crippen molar-refractivity contribution >= 4 is 11.6 Å². The number of aromatic nitrogens is 2. The summed E-state index contributed by atoms with van der Waals surface area (Å²) in [4.78, 5) is 18.8. The van der Waals surface area contributed by atoms with Crippen LogP contribution in [0.25, 0.3) is 0 Å². The fraction of sp³-hybridized carbons (Fsp3) is 0.471. The van der Waals surface area contributed by atoms with Crippen LogP contribution in [0.5, 0.6) is 0 Å². The second kappa shape index (κ2) is 5.68. The lowest BCUT2D eigenvalue weighted by Gasteiger charge is -2.18. The minimum Gasteiger partial charge on any atom is -0.368 e. The van der Waals surface area contributed by atoms with Gasteiger partial charge in [-0.15, -0.1) is 0 Å². The van der Waals surface area contributed by atoms with Crippen LogP contribution >= 0.6 is 0 Å². The molecule has 0 spiro atoms. The Hall–Kier alpha value is -2.37. The predicted molar refractivity (Wildman–Crippen MR) is 85.3 cm³/mol. The van der Waals surface area contributed by atoms with Gasteiger partial charge in [0.1, 0.15) is 5.76 Å². The molecule has 1 N–H and O–H groups in total. The summed E-state index contributed by atoms with van der Waals surface area (Å²) in [5.74, 6) is 1.53. The van der Waals surface area contributed by atoms with Gasteiger partial charge in [0.2, 0.25) is 0 Å². The number of hydrogen-bond donors (Lipinski definition) is 1. The zero-order chi connectivity index (χ0) is 15.8. The second-order valence-corrected chi connectivity index (χ2v) is 6.56. The molecule has 120 valence electrons. The normalized spacial score (nSPS) is 24.0. The van der Waals surface area contributed by atoms with Crippen LogP contribution in [0.2, 0.25) is 0 Å². The number of amides is 1. The van der Waals surface area contributed by atoms with Crippen molar-refractivity contribution in [1.82, 2.24) is 15.5 Å². The monoisotopic (exact) mass is 312 g/mol. The van der Waals surface area contributed by atoms with Crippen LogP contribution in [0.4, 0.5) is 5.69 Å². The Morgan fingerprint density at radius 3 is 3.00 bits per heavy atom. The van der Waals surface area contributed by atoms with Gasteiger partial charge in [0.15, 0.2) is 5.69 Å². The highest BCUT2D eigenvalue weighted by Gasteiger charge is 2.33. The Morgan fingerprint density at radius 2 is 2.26 bits per heavy atom. The summed E-state index contributed by atoms with van der Waals surface area (Å²) in [6.07, 6.45) is 5.90. The molecule has 2 fully saturated rings. The van der Waals surface area contributed by atoms with E-state index in [1.165, 1.54) is 0 Å². The van der Waals surface area contributed by atoms with Gasteiger partial charge in [-0.05, 0) is 30.9 Å². The van der Waals surface area contributed by atoms with Gasteiger partial charge in [-0.25, -0.2) is 0 Å². The molecule has 4 rings (SSSR count). The third-order valence-corrected chi connectivity index (χ3v) is 4.68. The van der Waals surface area contributed by atoms with Crippen LogP contribution in [0.15, 0.2) is 35.1 Å². The Kier molecular flexibility index (Phi) is 3.52. The number of rotatable bonds is 4. The van der Waals surface area contributed by atoms with Crippen LogP contribution in [-0.2, 0) is 0 Å². The van der Waals surface area contributed by atoms with Crippen LogP contribution in [0, 0.1) is 5.92 Å². The minimum atomic E-state index is -0.148. The van der Waals surface area contributed by atoms with Crippen molar-refractivity contribution < 1.29 is 9.32 Å². The van der Waals surface area contributed by atoms with Crippen LogP contribution in [0.3, 0.4) is 0 Å². The van der Waals surface area contributed by atoms with Gasteiger partial charge in [0.25, 0.3) is 5.91 Å². The maximum atomic E-state index is 12.4. The second-order valence-electron chi connectivity index (χ2n) is 6.56.